The highest BCUT2D eigenvalue weighted by Gasteiger charge is 2.38. The Kier molecular flexibility index (Phi) is 3.48. The standard InChI is InChI=1S/C21H21N3O2/c25-15-5-6-16-13(10-15)4-8-20-17(16)2-1-9-24(20)21(26)14-3-7-18-19(11-14)23-12-22-18/h3,5-7,10-12,17,20,25H,1-2,4,8-9H2,(H,22,23)/t17-,20+/m0/s1. The summed E-state index contributed by atoms with van der Waals surface area (Å²) in [4.78, 5) is 22.6. The Morgan fingerprint density at radius 1 is 1.19 bits per heavy atom. The molecule has 2 heterocycles. The van der Waals surface area contributed by atoms with Gasteiger partial charge in [-0.15, -0.1) is 0 Å². The number of benzene rings is 2. The Morgan fingerprint density at radius 2 is 2.12 bits per heavy atom. The Hall–Kier alpha value is -2.82. The number of carbonyl (C=O) groups is 1. The van der Waals surface area contributed by atoms with Gasteiger partial charge < -0.3 is 15.0 Å². The average Bonchev–Trinajstić information content (AvgIpc) is 3.14. The molecule has 2 atom stereocenters. The molecule has 5 heteroatoms. The average molecular weight is 347 g/mol. The van der Waals surface area contributed by atoms with Crippen molar-refractivity contribution in [1.82, 2.24) is 14.9 Å². The molecule has 132 valence electrons. The first-order chi connectivity index (χ1) is 12.7. The number of amides is 1. The number of likely N-dealkylation sites (tertiary alicyclic amines) is 1. The normalized spacial score (nSPS) is 22.1. The molecular weight excluding hydrogens is 326 g/mol. The zero-order chi connectivity index (χ0) is 17.7. The predicted octanol–water partition coefficient (Wildman–Crippen LogP) is 3.60. The molecule has 2 aromatic carbocycles. The Bertz CT molecular complexity index is 994. The summed E-state index contributed by atoms with van der Waals surface area (Å²) in [5.74, 6) is 0.810. The van der Waals surface area contributed by atoms with Crippen LogP contribution in [0, 0.1) is 0 Å². The molecule has 0 saturated carbocycles. The van der Waals surface area contributed by atoms with Crippen LogP contribution in [0.25, 0.3) is 11.0 Å². The van der Waals surface area contributed by atoms with E-state index in [1.165, 1.54) is 11.1 Å². The second-order valence-electron chi connectivity index (χ2n) is 7.37. The van der Waals surface area contributed by atoms with Gasteiger partial charge in [-0.3, -0.25) is 4.79 Å². The number of hydrogen-bond acceptors (Lipinski definition) is 3. The van der Waals surface area contributed by atoms with Crippen molar-refractivity contribution in [2.24, 2.45) is 0 Å². The number of piperidine rings is 1. The van der Waals surface area contributed by atoms with E-state index >= 15 is 0 Å². The summed E-state index contributed by atoms with van der Waals surface area (Å²) in [6.45, 7) is 0.814. The summed E-state index contributed by atoms with van der Waals surface area (Å²) in [5, 5.41) is 9.77. The summed E-state index contributed by atoms with van der Waals surface area (Å²) in [5.41, 5.74) is 5.04. The number of aromatic amines is 1. The first-order valence-corrected chi connectivity index (χ1v) is 9.26. The van der Waals surface area contributed by atoms with Crippen molar-refractivity contribution in [3.63, 3.8) is 0 Å². The SMILES string of the molecule is O=C(c1ccc2nc[nH]c2c1)N1CCC[C@H]2c3ccc(O)cc3CC[C@H]21. The largest absolute Gasteiger partial charge is 0.508 e. The minimum absolute atomic E-state index is 0.110. The van der Waals surface area contributed by atoms with Gasteiger partial charge in [0.15, 0.2) is 0 Å². The van der Waals surface area contributed by atoms with Crippen LogP contribution in [0.15, 0.2) is 42.7 Å². The zero-order valence-electron chi connectivity index (χ0n) is 14.5. The van der Waals surface area contributed by atoms with Crippen LogP contribution >= 0.6 is 0 Å². The number of hydrogen-bond donors (Lipinski definition) is 2. The number of nitrogens with one attached hydrogen (secondary N) is 1. The summed E-state index contributed by atoms with van der Waals surface area (Å²) in [7, 11) is 0. The highest BCUT2D eigenvalue weighted by atomic mass is 16.3. The van der Waals surface area contributed by atoms with Crippen LogP contribution in [-0.4, -0.2) is 38.5 Å². The molecular formula is C21H21N3O2. The topological polar surface area (TPSA) is 69.2 Å². The molecule has 0 bridgehead atoms. The number of aromatic nitrogens is 2. The van der Waals surface area contributed by atoms with Crippen molar-refractivity contribution in [3.8, 4) is 5.75 Å². The molecule has 1 aromatic heterocycles. The monoisotopic (exact) mass is 347 g/mol. The lowest BCUT2D eigenvalue weighted by Crippen LogP contribution is -2.49. The molecule has 26 heavy (non-hydrogen) atoms. The van der Waals surface area contributed by atoms with Crippen LogP contribution in [0.2, 0.25) is 0 Å². The number of phenolic OH excluding ortho intramolecular Hbond substituents is 1. The van der Waals surface area contributed by atoms with Gasteiger partial charge in [0.1, 0.15) is 5.75 Å². The molecule has 2 N–H and O–H groups in total. The number of phenols is 1. The minimum Gasteiger partial charge on any atom is -0.508 e. The Morgan fingerprint density at radius 3 is 3.04 bits per heavy atom. The number of rotatable bonds is 1. The Labute approximate surface area is 151 Å². The molecule has 0 spiro atoms. The van der Waals surface area contributed by atoms with Gasteiger partial charge in [0.2, 0.25) is 0 Å². The van der Waals surface area contributed by atoms with Crippen molar-refractivity contribution in [1.29, 1.82) is 0 Å². The van der Waals surface area contributed by atoms with Gasteiger partial charge in [-0.05, 0) is 67.1 Å². The molecule has 0 radical (unpaired) electrons. The first-order valence-electron chi connectivity index (χ1n) is 9.26. The number of aromatic hydroxyl groups is 1. The molecule has 3 aromatic rings. The van der Waals surface area contributed by atoms with Crippen LogP contribution in [0.4, 0.5) is 0 Å². The van der Waals surface area contributed by atoms with Gasteiger partial charge >= 0.3 is 0 Å². The van der Waals surface area contributed by atoms with E-state index < -0.39 is 0 Å². The fourth-order valence-corrected chi connectivity index (χ4v) is 4.74. The molecule has 5 rings (SSSR count). The molecule has 5 nitrogen and oxygen atoms in total. The summed E-state index contributed by atoms with van der Waals surface area (Å²) in [6.07, 6.45) is 5.64. The molecule has 1 aliphatic heterocycles. The minimum atomic E-state index is 0.110. The molecule has 1 aliphatic carbocycles. The van der Waals surface area contributed by atoms with Crippen molar-refractivity contribution in [2.45, 2.75) is 37.6 Å². The van der Waals surface area contributed by atoms with Gasteiger partial charge in [-0.2, -0.15) is 0 Å². The third-order valence-corrected chi connectivity index (χ3v) is 5.94. The maximum Gasteiger partial charge on any atom is 0.254 e. The maximum atomic E-state index is 13.2. The van der Waals surface area contributed by atoms with Crippen molar-refractivity contribution < 1.29 is 9.90 Å². The van der Waals surface area contributed by atoms with Crippen LogP contribution < -0.4 is 0 Å². The van der Waals surface area contributed by atoms with Crippen LogP contribution in [0.3, 0.4) is 0 Å². The summed E-state index contributed by atoms with van der Waals surface area (Å²) >= 11 is 0. The van der Waals surface area contributed by atoms with Crippen LogP contribution in [0.1, 0.15) is 46.7 Å². The first kappa shape index (κ1) is 15.4. The van der Waals surface area contributed by atoms with E-state index in [9.17, 15) is 9.90 Å². The number of fused-ring (bicyclic) bond motifs is 4. The van der Waals surface area contributed by atoms with E-state index in [0.29, 0.717) is 11.7 Å². The molecule has 1 fully saturated rings. The van der Waals surface area contributed by atoms with Crippen LogP contribution in [0.5, 0.6) is 5.75 Å². The summed E-state index contributed by atoms with van der Waals surface area (Å²) in [6, 6.07) is 11.6. The number of H-pyrrole nitrogens is 1. The number of nitrogens with zero attached hydrogens (tertiary/aromatic N) is 2. The maximum absolute atomic E-state index is 13.2. The van der Waals surface area contributed by atoms with Crippen molar-refractivity contribution in [3.05, 3.63) is 59.4 Å². The van der Waals surface area contributed by atoms with E-state index in [1.54, 1.807) is 12.4 Å². The molecule has 1 saturated heterocycles. The lowest BCUT2D eigenvalue weighted by Gasteiger charge is -2.45. The number of carbonyl (C=O) groups excluding carboxylic acids is 1. The second kappa shape index (κ2) is 5.87. The van der Waals surface area contributed by atoms with E-state index in [2.05, 4.69) is 14.9 Å². The van der Waals surface area contributed by atoms with E-state index in [-0.39, 0.29) is 11.9 Å². The van der Waals surface area contributed by atoms with Gasteiger partial charge in [0.05, 0.1) is 17.4 Å². The highest BCUT2D eigenvalue weighted by molar-refractivity contribution is 5.97. The fourth-order valence-electron chi connectivity index (χ4n) is 4.74. The zero-order valence-corrected chi connectivity index (χ0v) is 14.5. The van der Waals surface area contributed by atoms with E-state index in [1.807, 2.05) is 30.3 Å². The second-order valence-corrected chi connectivity index (χ2v) is 7.37. The lowest BCUT2D eigenvalue weighted by molar-refractivity contribution is 0.0547. The molecule has 1 amide bonds. The van der Waals surface area contributed by atoms with E-state index in [4.69, 9.17) is 0 Å². The van der Waals surface area contributed by atoms with Gasteiger partial charge in [-0.1, -0.05) is 6.07 Å². The number of aryl methyl sites for hydroxylation is 1. The highest BCUT2D eigenvalue weighted by Crippen LogP contribution is 2.42. The molecule has 2 aliphatic rings. The third-order valence-electron chi connectivity index (χ3n) is 5.94. The lowest BCUT2D eigenvalue weighted by atomic mass is 9.74. The number of imidazole rings is 1. The summed E-state index contributed by atoms with van der Waals surface area (Å²) < 4.78 is 0. The smallest absolute Gasteiger partial charge is 0.254 e. The van der Waals surface area contributed by atoms with Gasteiger partial charge in [-0.25, -0.2) is 4.98 Å². The van der Waals surface area contributed by atoms with E-state index in [0.717, 1.165) is 48.8 Å². The van der Waals surface area contributed by atoms with Crippen molar-refractivity contribution >= 4 is 16.9 Å². The van der Waals surface area contributed by atoms with Crippen molar-refractivity contribution in [2.75, 3.05) is 6.54 Å². The fraction of sp³-hybridized carbons (Fsp3) is 0.333. The molecule has 0 unspecified atom stereocenters. The predicted molar refractivity (Wildman–Crippen MR) is 99.3 cm³/mol. The van der Waals surface area contributed by atoms with Crippen LogP contribution in [-0.2, 0) is 6.42 Å². The third kappa shape index (κ3) is 2.38. The van der Waals surface area contributed by atoms with Gasteiger partial charge in [0, 0.05) is 24.1 Å². The van der Waals surface area contributed by atoms with Gasteiger partial charge in [0.25, 0.3) is 5.91 Å². The Balaban J connectivity index is 1.47. The quantitative estimate of drug-likeness (QED) is 0.707.